The van der Waals surface area contributed by atoms with Crippen molar-refractivity contribution < 1.29 is 28.5 Å². The number of ether oxygens (including phenoxy) is 4. The van der Waals surface area contributed by atoms with Crippen LogP contribution in [0.1, 0.15) is 47.2 Å². The number of amides is 1. The minimum atomic E-state index is -0.584. The third-order valence-electron chi connectivity index (χ3n) is 7.30. The van der Waals surface area contributed by atoms with E-state index < -0.39 is 11.9 Å². The summed E-state index contributed by atoms with van der Waals surface area (Å²) in [4.78, 5) is 31.8. The predicted octanol–water partition coefficient (Wildman–Crippen LogP) is 7.73. The molecule has 1 aromatic heterocycles. The number of esters is 1. The zero-order valence-electron chi connectivity index (χ0n) is 27.4. The highest BCUT2D eigenvalue weighted by atomic mass is 35.5. The Morgan fingerprint density at radius 2 is 1.52 bits per heavy atom. The summed E-state index contributed by atoms with van der Waals surface area (Å²) < 4.78 is 22.7. The van der Waals surface area contributed by atoms with Gasteiger partial charge in [-0.25, -0.2) is 10.2 Å². The number of hydrogen-bond acceptors (Lipinski definition) is 8. The van der Waals surface area contributed by atoms with E-state index >= 15 is 0 Å². The molecule has 2 N–H and O–H groups in total. The molecule has 248 valence electrons. The zero-order chi connectivity index (χ0) is 34.2. The Labute approximate surface area is 284 Å². The molecule has 0 radical (unpaired) electrons. The number of hydrogen-bond donors (Lipinski definition) is 2. The van der Waals surface area contributed by atoms with Gasteiger partial charge in [0.25, 0.3) is 5.91 Å². The van der Waals surface area contributed by atoms with Gasteiger partial charge in [0.15, 0.2) is 23.0 Å². The molecule has 5 rings (SSSR count). The molecule has 0 saturated carbocycles. The number of carbonyl (C=O) groups is 2. The molecule has 0 saturated heterocycles. The van der Waals surface area contributed by atoms with Crippen LogP contribution in [-0.2, 0) is 0 Å². The molecule has 1 amide bonds. The van der Waals surface area contributed by atoms with Gasteiger partial charge in [0, 0.05) is 46.8 Å². The Bertz CT molecular complexity index is 1970. The number of nitrogens with zero attached hydrogens (tertiary/aromatic N) is 2. The third-order valence-corrected chi connectivity index (χ3v) is 7.63. The number of H-pyrrole nitrogens is 1. The first kappa shape index (κ1) is 33.9. The number of fused-ring (bicyclic) bond motifs is 1. The van der Waals surface area contributed by atoms with Crippen LogP contribution in [0.3, 0.4) is 0 Å². The van der Waals surface area contributed by atoms with Crippen molar-refractivity contribution in [1.82, 2.24) is 10.4 Å². The van der Waals surface area contributed by atoms with E-state index in [2.05, 4.69) is 15.5 Å². The number of aromatic amines is 1. The van der Waals surface area contributed by atoms with Crippen molar-refractivity contribution in [3.63, 3.8) is 0 Å². The van der Waals surface area contributed by atoms with Gasteiger partial charge in [-0.05, 0) is 87.0 Å². The number of anilines is 1. The molecule has 4 aromatic carbocycles. The van der Waals surface area contributed by atoms with Crippen molar-refractivity contribution in [1.29, 1.82) is 0 Å². The lowest BCUT2D eigenvalue weighted by atomic mass is 10.0. The lowest BCUT2D eigenvalue weighted by Crippen LogP contribution is -2.19. The molecule has 0 atom stereocenters. The maximum atomic E-state index is 13.5. The van der Waals surface area contributed by atoms with Gasteiger partial charge in [-0.3, -0.25) is 4.79 Å². The van der Waals surface area contributed by atoms with E-state index in [9.17, 15) is 9.59 Å². The Kier molecular flexibility index (Phi) is 10.9. The molecule has 0 fully saturated rings. The summed E-state index contributed by atoms with van der Waals surface area (Å²) >= 11 is 6.60. The van der Waals surface area contributed by atoms with Gasteiger partial charge in [-0.1, -0.05) is 29.8 Å². The van der Waals surface area contributed by atoms with Gasteiger partial charge < -0.3 is 28.8 Å². The Balaban J connectivity index is 1.37. The van der Waals surface area contributed by atoms with E-state index in [0.29, 0.717) is 64.5 Å². The minimum absolute atomic E-state index is 0.231. The highest BCUT2D eigenvalue weighted by molar-refractivity contribution is 6.34. The van der Waals surface area contributed by atoms with Crippen LogP contribution in [0.5, 0.6) is 23.0 Å². The standard InChI is InChI=1S/C37H37ClN4O6/c1-6-45-30-18-14-24(20-33(30)47-8-3)37(44)48-31-17-13-23(19-32(31)46-7-2)22-39-41-36(43)35-34(26-11-9-10-12-28(26)38)27-21-25(42(4)5)15-16-29(27)40-35/h9-22,40H,6-8H2,1-5H3,(H,41,43). The van der Waals surface area contributed by atoms with Crippen LogP contribution in [0.25, 0.3) is 22.0 Å². The topological polar surface area (TPSA) is 114 Å². The maximum Gasteiger partial charge on any atom is 0.343 e. The fourth-order valence-corrected chi connectivity index (χ4v) is 5.32. The quantitative estimate of drug-likeness (QED) is 0.0571. The lowest BCUT2D eigenvalue weighted by Gasteiger charge is -2.13. The molecule has 1 heterocycles. The SMILES string of the molecule is CCOc1ccc(C(=O)Oc2ccc(C=NNC(=O)c3[nH]c4ccc(N(C)C)cc4c3-c3ccccc3Cl)cc2OCC)cc1OCC. The summed E-state index contributed by atoms with van der Waals surface area (Å²) in [5.41, 5.74) is 7.02. The smallest absolute Gasteiger partial charge is 0.343 e. The summed E-state index contributed by atoms with van der Waals surface area (Å²) in [6.07, 6.45) is 1.48. The van der Waals surface area contributed by atoms with Gasteiger partial charge in [-0.15, -0.1) is 0 Å². The van der Waals surface area contributed by atoms with Crippen molar-refractivity contribution >= 4 is 46.3 Å². The van der Waals surface area contributed by atoms with Crippen LogP contribution in [0.15, 0.2) is 84.0 Å². The average Bonchev–Trinajstić information content (AvgIpc) is 3.46. The second-order valence-electron chi connectivity index (χ2n) is 10.7. The fourth-order valence-electron chi connectivity index (χ4n) is 5.09. The van der Waals surface area contributed by atoms with Gasteiger partial charge in [0.05, 0.1) is 31.6 Å². The van der Waals surface area contributed by atoms with Crippen LogP contribution in [-0.4, -0.2) is 57.0 Å². The molecule has 11 heteroatoms. The van der Waals surface area contributed by atoms with Crippen LogP contribution >= 0.6 is 11.6 Å². The number of nitrogens with one attached hydrogen (secondary N) is 2. The number of halogens is 1. The molecule has 0 aliphatic heterocycles. The molecular weight excluding hydrogens is 632 g/mol. The summed E-state index contributed by atoms with van der Waals surface area (Å²) in [7, 11) is 3.91. The second kappa shape index (κ2) is 15.4. The highest BCUT2D eigenvalue weighted by Crippen LogP contribution is 2.38. The fraction of sp³-hybridized carbons (Fsp3) is 0.216. The molecule has 10 nitrogen and oxygen atoms in total. The normalized spacial score (nSPS) is 11.0. The number of rotatable bonds is 13. The van der Waals surface area contributed by atoms with Crippen LogP contribution in [0.4, 0.5) is 5.69 Å². The van der Waals surface area contributed by atoms with Crippen molar-refractivity contribution in [3.05, 3.63) is 101 Å². The van der Waals surface area contributed by atoms with Gasteiger partial charge >= 0.3 is 5.97 Å². The Morgan fingerprint density at radius 3 is 2.23 bits per heavy atom. The molecule has 0 aliphatic rings. The molecule has 0 bridgehead atoms. The van der Waals surface area contributed by atoms with Gasteiger partial charge in [0.2, 0.25) is 0 Å². The van der Waals surface area contributed by atoms with Crippen molar-refractivity contribution in [2.45, 2.75) is 20.8 Å². The molecule has 48 heavy (non-hydrogen) atoms. The molecule has 0 unspecified atom stereocenters. The van der Waals surface area contributed by atoms with Crippen molar-refractivity contribution in [3.8, 4) is 34.1 Å². The highest BCUT2D eigenvalue weighted by Gasteiger charge is 2.22. The molecule has 5 aromatic rings. The van der Waals surface area contributed by atoms with Crippen molar-refractivity contribution in [2.75, 3.05) is 38.8 Å². The maximum absolute atomic E-state index is 13.5. The Morgan fingerprint density at radius 1 is 0.833 bits per heavy atom. The van der Waals surface area contributed by atoms with Crippen molar-refractivity contribution in [2.24, 2.45) is 5.10 Å². The summed E-state index contributed by atoms with van der Waals surface area (Å²) in [6, 6.07) is 23.2. The summed E-state index contributed by atoms with van der Waals surface area (Å²) in [5, 5.41) is 5.58. The average molecular weight is 669 g/mol. The first-order valence-electron chi connectivity index (χ1n) is 15.5. The number of hydrazone groups is 1. The molecule has 0 aliphatic carbocycles. The number of carbonyl (C=O) groups excluding carboxylic acids is 2. The van der Waals surface area contributed by atoms with E-state index in [1.54, 1.807) is 42.5 Å². The second-order valence-corrected chi connectivity index (χ2v) is 11.1. The van der Waals surface area contributed by atoms with E-state index in [1.165, 1.54) is 6.21 Å². The van der Waals surface area contributed by atoms with E-state index in [4.69, 9.17) is 30.5 Å². The largest absolute Gasteiger partial charge is 0.490 e. The van der Waals surface area contributed by atoms with E-state index in [-0.39, 0.29) is 5.75 Å². The van der Waals surface area contributed by atoms with E-state index in [0.717, 1.165) is 22.2 Å². The Hall–Kier alpha value is -5.48. The predicted molar refractivity (Wildman–Crippen MR) is 189 cm³/mol. The monoisotopic (exact) mass is 668 g/mol. The van der Waals surface area contributed by atoms with Crippen LogP contribution in [0.2, 0.25) is 5.02 Å². The molecular formula is C37H37ClN4O6. The minimum Gasteiger partial charge on any atom is -0.490 e. The van der Waals surface area contributed by atoms with Gasteiger partial charge in [-0.2, -0.15) is 5.10 Å². The third kappa shape index (κ3) is 7.56. The van der Waals surface area contributed by atoms with E-state index in [1.807, 2.05) is 76.2 Å². The van der Waals surface area contributed by atoms with Crippen LogP contribution in [0, 0.1) is 0 Å². The lowest BCUT2D eigenvalue weighted by molar-refractivity contribution is 0.0727. The first-order chi connectivity index (χ1) is 23.2. The van der Waals surface area contributed by atoms with Gasteiger partial charge in [0.1, 0.15) is 5.69 Å². The number of aromatic nitrogens is 1. The summed E-state index contributed by atoms with van der Waals surface area (Å²) in [5.74, 6) is 0.543. The zero-order valence-corrected chi connectivity index (χ0v) is 28.2. The summed E-state index contributed by atoms with van der Waals surface area (Å²) in [6.45, 7) is 6.76. The van der Waals surface area contributed by atoms with Crippen LogP contribution < -0.4 is 29.3 Å². The first-order valence-corrected chi connectivity index (χ1v) is 15.9. The number of benzene rings is 4. The molecule has 0 spiro atoms.